The van der Waals surface area contributed by atoms with Gasteiger partial charge in [-0.05, 0) is 77.4 Å². The van der Waals surface area contributed by atoms with E-state index in [0.29, 0.717) is 5.82 Å². The van der Waals surface area contributed by atoms with Gasteiger partial charge in [0.05, 0.1) is 38.9 Å². The van der Waals surface area contributed by atoms with E-state index in [9.17, 15) is 0 Å². The first-order valence-corrected chi connectivity index (χ1v) is 22.1. The Morgan fingerprint density at radius 1 is 0.354 bits per heavy atom. The van der Waals surface area contributed by atoms with Gasteiger partial charge in [0.2, 0.25) is 0 Å². The summed E-state index contributed by atoms with van der Waals surface area (Å²) in [4.78, 5) is 16.7. The maximum absolute atomic E-state index is 5.78. The third-order valence-corrected chi connectivity index (χ3v) is 13.2. The number of aromatic nitrogens is 5. The molecule has 304 valence electrons. The van der Waals surface area contributed by atoms with Gasteiger partial charge in [0.25, 0.3) is 0 Å². The van der Waals surface area contributed by atoms with Crippen molar-refractivity contribution in [3.63, 3.8) is 0 Å². The van der Waals surface area contributed by atoms with Crippen molar-refractivity contribution in [3.05, 3.63) is 259 Å². The molecule has 13 rings (SSSR count). The molecule has 3 heterocycles. The second-order valence-corrected chi connectivity index (χ2v) is 16.7. The zero-order valence-electron chi connectivity index (χ0n) is 35.3. The molecule has 0 saturated carbocycles. The third kappa shape index (κ3) is 5.62. The molecule has 0 unspecified atom stereocenters. The largest absolute Gasteiger partial charge is 0.309 e. The Morgan fingerprint density at radius 2 is 0.923 bits per heavy atom. The second kappa shape index (κ2) is 14.7. The van der Waals surface area contributed by atoms with Gasteiger partial charge in [0, 0.05) is 50.0 Å². The third-order valence-electron chi connectivity index (χ3n) is 13.2. The molecule has 9 aromatic carbocycles. The quantitative estimate of drug-likeness (QED) is 0.161. The Morgan fingerprint density at radius 3 is 1.66 bits per heavy atom. The van der Waals surface area contributed by atoms with E-state index >= 15 is 0 Å². The Labute approximate surface area is 376 Å². The number of rotatable bonds is 7. The molecule has 0 aliphatic heterocycles. The lowest BCUT2D eigenvalue weighted by molar-refractivity contribution is 0.763. The van der Waals surface area contributed by atoms with Crippen LogP contribution in [-0.4, -0.2) is 24.1 Å². The maximum Gasteiger partial charge on any atom is 0.160 e. The van der Waals surface area contributed by atoms with Crippen molar-refractivity contribution in [2.75, 3.05) is 0 Å². The minimum atomic E-state index is -0.711. The fourth-order valence-corrected chi connectivity index (χ4v) is 10.5. The molecule has 0 N–H and O–H groups in total. The van der Waals surface area contributed by atoms with Crippen LogP contribution in [0.25, 0.3) is 89.5 Å². The minimum absolute atomic E-state index is 0.654. The maximum atomic E-state index is 5.78. The van der Waals surface area contributed by atoms with E-state index in [-0.39, 0.29) is 0 Å². The molecular formula is C60H39N5. The topological polar surface area (TPSA) is 48.5 Å². The van der Waals surface area contributed by atoms with Crippen LogP contribution >= 0.6 is 0 Å². The normalized spacial score (nSPS) is 12.7. The van der Waals surface area contributed by atoms with Crippen LogP contribution < -0.4 is 0 Å². The average molecular weight is 830 g/mol. The van der Waals surface area contributed by atoms with Gasteiger partial charge >= 0.3 is 0 Å². The van der Waals surface area contributed by atoms with E-state index in [0.717, 1.165) is 78.5 Å². The van der Waals surface area contributed by atoms with Crippen molar-refractivity contribution in [3.8, 4) is 56.7 Å². The van der Waals surface area contributed by atoms with Crippen molar-refractivity contribution in [1.82, 2.24) is 24.1 Å². The molecule has 12 aromatic rings. The van der Waals surface area contributed by atoms with E-state index in [1.54, 1.807) is 0 Å². The van der Waals surface area contributed by atoms with Crippen molar-refractivity contribution >= 4 is 32.8 Å². The number of hydrogen-bond donors (Lipinski definition) is 0. The Balaban J connectivity index is 1.11. The highest BCUT2D eigenvalue weighted by Crippen LogP contribution is 2.58. The predicted molar refractivity (Wildman–Crippen MR) is 265 cm³/mol. The van der Waals surface area contributed by atoms with Crippen LogP contribution in [0.4, 0.5) is 0 Å². The van der Waals surface area contributed by atoms with Gasteiger partial charge in [-0.15, -0.1) is 0 Å². The monoisotopic (exact) mass is 829 g/mol. The summed E-state index contributed by atoms with van der Waals surface area (Å²) in [7, 11) is 0. The van der Waals surface area contributed by atoms with Crippen molar-refractivity contribution in [1.29, 1.82) is 0 Å². The summed E-state index contributed by atoms with van der Waals surface area (Å²) in [5.74, 6) is 1.51. The number of fused-ring (bicyclic) bond motifs is 7. The van der Waals surface area contributed by atoms with E-state index in [1.807, 2.05) is 12.1 Å². The van der Waals surface area contributed by atoms with Crippen LogP contribution in [0.3, 0.4) is 0 Å². The molecule has 5 nitrogen and oxygen atoms in total. The Kier molecular flexibility index (Phi) is 8.36. The molecule has 0 saturated heterocycles. The summed E-state index contributed by atoms with van der Waals surface area (Å²) in [5, 5.41) is 2.35. The van der Waals surface area contributed by atoms with Crippen molar-refractivity contribution < 1.29 is 0 Å². The number of benzene rings is 9. The molecular weight excluding hydrogens is 791 g/mol. The average Bonchev–Trinajstić information content (AvgIpc) is 4.04. The van der Waals surface area contributed by atoms with Gasteiger partial charge < -0.3 is 4.57 Å². The van der Waals surface area contributed by atoms with Crippen molar-refractivity contribution in [2.45, 2.75) is 5.41 Å². The van der Waals surface area contributed by atoms with Gasteiger partial charge in [-0.2, -0.15) is 0 Å². The SMILES string of the molecule is c1ccc(-n2c(-c3cccc(-c4nc(-c5ccc6c(c5)c5ccccc5n6-c5ccccc5)c5c(n4)-c4ccccc4C5(c4ccccc4)c4ccccc4)c3)nc3ccccc32)cc1. The van der Waals surface area contributed by atoms with Gasteiger partial charge in [-0.25, -0.2) is 15.0 Å². The van der Waals surface area contributed by atoms with Gasteiger partial charge in [0.1, 0.15) is 5.82 Å². The zero-order chi connectivity index (χ0) is 42.9. The number of hydrogen-bond acceptors (Lipinski definition) is 3. The summed E-state index contributed by atoms with van der Waals surface area (Å²) in [6, 6.07) is 84.2. The number of para-hydroxylation sites is 5. The molecule has 5 heteroatoms. The van der Waals surface area contributed by atoms with Crippen LogP contribution in [-0.2, 0) is 5.41 Å². The molecule has 0 radical (unpaired) electrons. The predicted octanol–water partition coefficient (Wildman–Crippen LogP) is 14.3. The highest BCUT2D eigenvalue weighted by atomic mass is 15.1. The molecule has 0 fully saturated rings. The van der Waals surface area contributed by atoms with Gasteiger partial charge in [-0.1, -0.05) is 176 Å². The first-order chi connectivity index (χ1) is 32.3. The van der Waals surface area contributed by atoms with E-state index in [1.165, 1.54) is 27.5 Å². The highest BCUT2D eigenvalue weighted by Gasteiger charge is 2.49. The van der Waals surface area contributed by atoms with Crippen LogP contribution in [0.1, 0.15) is 22.3 Å². The number of nitrogens with zero attached hydrogens (tertiary/aromatic N) is 5. The lowest BCUT2D eigenvalue weighted by Gasteiger charge is -2.34. The van der Waals surface area contributed by atoms with Crippen LogP contribution in [0.2, 0.25) is 0 Å². The lowest BCUT2D eigenvalue weighted by atomic mass is 9.67. The van der Waals surface area contributed by atoms with Gasteiger partial charge in [0.15, 0.2) is 5.82 Å². The van der Waals surface area contributed by atoms with Crippen LogP contribution in [0.15, 0.2) is 237 Å². The highest BCUT2D eigenvalue weighted by molar-refractivity contribution is 6.10. The summed E-state index contributed by atoms with van der Waals surface area (Å²) >= 11 is 0. The lowest BCUT2D eigenvalue weighted by Crippen LogP contribution is -2.29. The first kappa shape index (κ1) is 36.9. The number of imidazole rings is 1. The molecule has 0 amide bonds. The molecule has 1 aliphatic carbocycles. The second-order valence-electron chi connectivity index (χ2n) is 16.7. The molecule has 65 heavy (non-hydrogen) atoms. The zero-order valence-corrected chi connectivity index (χ0v) is 35.3. The van der Waals surface area contributed by atoms with Gasteiger partial charge in [-0.3, -0.25) is 4.57 Å². The summed E-state index contributed by atoms with van der Waals surface area (Å²) < 4.78 is 4.61. The Hall–Kier alpha value is -8.67. The molecule has 1 aliphatic rings. The standard InChI is InChI=1S/C60H39N5/c1-5-22-43(23-6-1)60(44-24-7-2-8-25-44)50-32-15-13-31-48(50)57-55(60)56(40-36-37-53-49(39-40)47-30-14-17-34-52(47)64(53)45-26-9-3-10-27-45)62-58(63-57)41-20-19-21-42(38-41)59-61-51-33-16-18-35-54(51)65(59)46-28-11-4-12-29-46/h1-39H. The molecule has 0 bridgehead atoms. The Bertz CT molecular complexity index is 3720. The minimum Gasteiger partial charge on any atom is -0.309 e. The fraction of sp³-hybridized carbons (Fsp3) is 0.0167. The molecule has 0 atom stereocenters. The van der Waals surface area contributed by atoms with Crippen molar-refractivity contribution in [2.24, 2.45) is 0 Å². The summed E-state index contributed by atoms with van der Waals surface area (Å²) in [6.45, 7) is 0. The molecule has 0 spiro atoms. The smallest absolute Gasteiger partial charge is 0.160 e. The summed E-state index contributed by atoms with van der Waals surface area (Å²) in [5.41, 5.74) is 16.2. The van der Waals surface area contributed by atoms with E-state index in [2.05, 4.69) is 234 Å². The fourth-order valence-electron chi connectivity index (χ4n) is 10.5. The first-order valence-electron chi connectivity index (χ1n) is 22.1. The van der Waals surface area contributed by atoms with Crippen LogP contribution in [0.5, 0.6) is 0 Å². The molecule has 3 aromatic heterocycles. The van der Waals surface area contributed by atoms with Crippen LogP contribution in [0, 0.1) is 0 Å². The van der Waals surface area contributed by atoms with E-state index in [4.69, 9.17) is 15.0 Å². The van der Waals surface area contributed by atoms with E-state index < -0.39 is 5.41 Å². The summed E-state index contributed by atoms with van der Waals surface area (Å²) in [6.07, 6.45) is 0.